The highest BCUT2D eigenvalue weighted by atomic mass is 32.2. The topological polar surface area (TPSA) is 54.9 Å². The van der Waals surface area contributed by atoms with Crippen LogP contribution in [0.2, 0.25) is 0 Å². The van der Waals surface area contributed by atoms with Crippen LogP contribution in [0.25, 0.3) is 0 Å². The molecular formula is C17H23N3OS3. The first-order valence-corrected chi connectivity index (χ1v) is 10.7. The molecule has 1 aromatic heterocycles. The zero-order valence-electron chi connectivity index (χ0n) is 14.5. The molecule has 2 rings (SSSR count). The summed E-state index contributed by atoms with van der Waals surface area (Å²) in [6.45, 7) is 8.13. The van der Waals surface area contributed by atoms with Crippen LogP contribution >= 0.6 is 34.9 Å². The fourth-order valence-corrected chi connectivity index (χ4v) is 5.32. The molecule has 0 aliphatic carbocycles. The lowest BCUT2D eigenvalue weighted by atomic mass is 10.1. The van der Waals surface area contributed by atoms with Crippen LogP contribution < -0.4 is 5.32 Å². The van der Waals surface area contributed by atoms with Crippen molar-refractivity contribution in [3.8, 4) is 0 Å². The van der Waals surface area contributed by atoms with Gasteiger partial charge in [0.2, 0.25) is 5.91 Å². The van der Waals surface area contributed by atoms with Crippen LogP contribution in [0.15, 0.2) is 26.9 Å². The number of rotatable bonds is 8. The highest BCUT2D eigenvalue weighted by Gasteiger charge is 2.18. The maximum Gasteiger partial charge on any atom is 0.237 e. The first kappa shape index (κ1) is 19.3. The van der Waals surface area contributed by atoms with Gasteiger partial charge in [0.15, 0.2) is 8.68 Å². The summed E-state index contributed by atoms with van der Waals surface area (Å²) in [5.41, 5.74) is 3.13. The molecule has 0 radical (unpaired) electrons. The highest BCUT2D eigenvalue weighted by molar-refractivity contribution is 8.03. The van der Waals surface area contributed by atoms with E-state index >= 15 is 0 Å². The van der Waals surface area contributed by atoms with Gasteiger partial charge in [0.25, 0.3) is 0 Å². The second-order valence-electron chi connectivity index (χ2n) is 5.60. The second kappa shape index (κ2) is 9.44. The van der Waals surface area contributed by atoms with E-state index in [2.05, 4.69) is 28.5 Å². The molecule has 0 saturated heterocycles. The Morgan fingerprint density at radius 3 is 2.75 bits per heavy atom. The lowest BCUT2D eigenvalue weighted by molar-refractivity contribution is -0.115. The van der Waals surface area contributed by atoms with E-state index in [0.29, 0.717) is 0 Å². The third kappa shape index (κ3) is 5.79. The average molecular weight is 382 g/mol. The monoisotopic (exact) mass is 381 g/mol. The van der Waals surface area contributed by atoms with Crippen LogP contribution in [-0.4, -0.2) is 27.1 Å². The van der Waals surface area contributed by atoms with Crippen molar-refractivity contribution in [3.05, 3.63) is 29.3 Å². The molecule has 0 aliphatic heterocycles. The van der Waals surface area contributed by atoms with Crippen molar-refractivity contribution in [1.82, 2.24) is 10.2 Å². The van der Waals surface area contributed by atoms with Gasteiger partial charge in [-0.1, -0.05) is 65.9 Å². The van der Waals surface area contributed by atoms with Crippen molar-refractivity contribution < 1.29 is 4.79 Å². The fraction of sp³-hybridized carbons (Fsp3) is 0.471. The number of aromatic nitrogens is 2. The van der Waals surface area contributed by atoms with E-state index in [1.165, 1.54) is 30.2 Å². The quantitative estimate of drug-likeness (QED) is 0.505. The Morgan fingerprint density at radius 1 is 1.29 bits per heavy atom. The molecule has 1 aromatic carbocycles. The summed E-state index contributed by atoms with van der Waals surface area (Å²) in [7, 11) is 0. The van der Waals surface area contributed by atoms with Gasteiger partial charge in [-0.05, 0) is 38.8 Å². The number of hydrogen-bond donors (Lipinski definition) is 1. The predicted molar refractivity (Wildman–Crippen MR) is 105 cm³/mol. The summed E-state index contributed by atoms with van der Waals surface area (Å²) in [6.07, 6.45) is 2.37. The Balaban J connectivity index is 1.89. The molecule has 1 atom stereocenters. The molecular weight excluding hydrogens is 358 g/mol. The van der Waals surface area contributed by atoms with Crippen molar-refractivity contribution in [3.63, 3.8) is 0 Å². The van der Waals surface area contributed by atoms with Crippen molar-refractivity contribution in [2.75, 3.05) is 11.1 Å². The van der Waals surface area contributed by atoms with Crippen LogP contribution in [0.5, 0.6) is 0 Å². The molecule has 0 spiro atoms. The molecule has 0 saturated carbocycles. The molecule has 130 valence electrons. The van der Waals surface area contributed by atoms with E-state index < -0.39 is 0 Å². The van der Waals surface area contributed by atoms with Gasteiger partial charge >= 0.3 is 0 Å². The summed E-state index contributed by atoms with van der Waals surface area (Å²) >= 11 is 4.76. The molecule has 24 heavy (non-hydrogen) atoms. The van der Waals surface area contributed by atoms with Crippen molar-refractivity contribution >= 4 is 46.5 Å². The largest absolute Gasteiger partial charge is 0.325 e. The van der Waals surface area contributed by atoms with Crippen LogP contribution in [0.1, 0.15) is 37.8 Å². The van der Waals surface area contributed by atoms with Gasteiger partial charge in [-0.25, -0.2) is 0 Å². The predicted octanol–water partition coefficient (Wildman–Crippen LogP) is 5.17. The van der Waals surface area contributed by atoms with E-state index in [0.717, 1.165) is 25.7 Å². The van der Waals surface area contributed by atoms with Gasteiger partial charge in [0, 0.05) is 11.4 Å². The molecule has 1 heterocycles. The number of thioether (sulfide) groups is 2. The minimum atomic E-state index is -0.216. The molecule has 1 N–H and O–H groups in total. The van der Waals surface area contributed by atoms with Gasteiger partial charge in [-0.3, -0.25) is 4.79 Å². The third-order valence-corrected chi connectivity index (χ3v) is 6.73. The molecule has 0 fully saturated rings. The van der Waals surface area contributed by atoms with E-state index in [1.54, 1.807) is 23.1 Å². The third-order valence-electron chi connectivity index (χ3n) is 3.40. The molecule has 1 unspecified atom stereocenters. The van der Waals surface area contributed by atoms with E-state index in [9.17, 15) is 4.79 Å². The number of anilines is 1. The van der Waals surface area contributed by atoms with Crippen LogP contribution in [0, 0.1) is 13.8 Å². The Labute approximate surface area is 156 Å². The molecule has 2 aromatic rings. The smallest absolute Gasteiger partial charge is 0.237 e. The van der Waals surface area contributed by atoms with Gasteiger partial charge < -0.3 is 5.32 Å². The Kier molecular flexibility index (Phi) is 7.58. The fourth-order valence-electron chi connectivity index (χ4n) is 2.00. The number of unbranched alkanes of at least 4 members (excludes halogenated alkanes) is 1. The Bertz CT molecular complexity index is 687. The van der Waals surface area contributed by atoms with E-state index in [-0.39, 0.29) is 11.2 Å². The minimum absolute atomic E-state index is 0.0117. The average Bonchev–Trinajstić information content (AvgIpc) is 2.97. The number of nitrogens with zero attached hydrogens (tertiary/aromatic N) is 2. The first-order valence-electron chi connectivity index (χ1n) is 8.00. The molecule has 7 heteroatoms. The molecule has 4 nitrogen and oxygen atoms in total. The maximum atomic E-state index is 12.4. The van der Waals surface area contributed by atoms with Crippen molar-refractivity contribution in [2.45, 2.75) is 54.5 Å². The number of carbonyl (C=O) groups excluding carboxylic acids is 1. The minimum Gasteiger partial charge on any atom is -0.325 e. The number of aryl methyl sites for hydroxylation is 2. The Hall–Kier alpha value is -1.05. The van der Waals surface area contributed by atoms with E-state index in [1.807, 2.05) is 32.9 Å². The summed E-state index contributed by atoms with van der Waals surface area (Å²) in [4.78, 5) is 12.4. The molecule has 0 aliphatic rings. The SMILES string of the molecule is CCCCSc1nnc(SC(C)C(=O)Nc2ccc(C)cc2C)s1. The summed E-state index contributed by atoms with van der Waals surface area (Å²) in [5, 5.41) is 11.2. The number of hydrogen-bond acceptors (Lipinski definition) is 6. The van der Waals surface area contributed by atoms with Crippen molar-refractivity contribution in [2.24, 2.45) is 0 Å². The second-order valence-corrected chi connectivity index (χ2v) is 9.51. The summed E-state index contributed by atoms with van der Waals surface area (Å²) in [6, 6.07) is 6.02. The highest BCUT2D eigenvalue weighted by Crippen LogP contribution is 2.32. The summed E-state index contributed by atoms with van der Waals surface area (Å²) < 4.78 is 1.82. The first-order chi connectivity index (χ1) is 11.5. The standard InChI is InChI=1S/C17H23N3OS3/c1-5-6-9-22-16-19-20-17(24-16)23-13(4)15(21)18-14-8-7-11(2)10-12(14)3/h7-8,10,13H,5-6,9H2,1-4H3,(H,18,21). The molecule has 0 bridgehead atoms. The van der Waals surface area contributed by atoms with Gasteiger partial charge in [0.05, 0.1) is 5.25 Å². The zero-order valence-corrected chi connectivity index (χ0v) is 16.9. The van der Waals surface area contributed by atoms with Crippen molar-refractivity contribution in [1.29, 1.82) is 0 Å². The Morgan fingerprint density at radius 2 is 2.04 bits per heavy atom. The normalized spacial score (nSPS) is 12.2. The number of nitrogens with one attached hydrogen (secondary N) is 1. The van der Waals surface area contributed by atoms with Gasteiger partial charge in [-0.15, -0.1) is 10.2 Å². The van der Waals surface area contributed by atoms with Gasteiger partial charge in [-0.2, -0.15) is 0 Å². The number of benzene rings is 1. The van der Waals surface area contributed by atoms with E-state index in [4.69, 9.17) is 0 Å². The lowest BCUT2D eigenvalue weighted by Gasteiger charge is -2.12. The van der Waals surface area contributed by atoms with Crippen LogP contribution in [0.4, 0.5) is 5.69 Å². The summed E-state index contributed by atoms with van der Waals surface area (Å²) in [5.74, 6) is 1.06. The van der Waals surface area contributed by atoms with Crippen LogP contribution in [-0.2, 0) is 4.79 Å². The van der Waals surface area contributed by atoms with Crippen LogP contribution in [0.3, 0.4) is 0 Å². The number of amides is 1. The lowest BCUT2D eigenvalue weighted by Crippen LogP contribution is -2.22. The number of carbonyl (C=O) groups is 1. The maximum absolute atomic E-state index is 12.4. The molecule has 1 amide bonds. The zero-order chi connectivity index (χ0) is 17.5. The van der Waals surface area contributed by atoms with Gasteiger partial charge in [0.1, 0.15) is 0 Å².